The molecule has 176 valence electrons. The zero-order valence-corrected chi connectivity index (χ0v) is 20.7. The van der Waals surface area contributed by atoms with Gasteiger partial charge in [0, 0.05) is 30.8 Å². The van der Waals surface area contributed by atoms with Crippen LogP contribution in [0.3, 0.4) is 0 Å². The molecule has 4 heterocycles. The number of hydrogen-bond donors (Lipinski definition) is 0. The van der Waals surface area contributed by atoms with Gasteiger partial charge in [-0.3, -0.25) is 9.47 Å². The zero-order chi connectivity index (χ0) is 22.8. The summed E-state index contributed by atoms with van der Waals surface area (Å²) in [5, 5.41) is 7.08. The summed E-state index contributed by atoms with van der Waals surface area (Å²) in [5.74, 6) is 2.59. The Morgan fingerprint density at radius 2 is 2.09 bits per heavy atom. The second-order valence-corrected chi connectivity index (χ2v) is 9.86. The van der Waals surface area contributed by atoms with Gasteiger partial charge in [0.2, 0.25) is 0 Å². The highest BCUT2D eigenvalue weighted by Crippen LogP contribution is 2.39. The van der Waals surface area contributed by atoms with Crippen LogP contribution in [0.15, 0.2) is 35.7 Å². The molecule has 2 atom stereocenters. The fourth-order valence-electron chi connectivity index (χ4n) is 4.89. The van der Waals surface area contributed by atoms with Gasteiger partial charge >= 0.3 is 0 Å². The van der Waals surface area contributed by atoms with Gasteiger partial charge in [-0.2, -0.15) is 0 Å². The van der Waals surface area contributed by atoms with Crippen LogP contribution >= 0.6 is 23.6 Å². The molecule has 0 saturated carbocycles. The van der Waals surface area contributed by atoms with E-state index in [9.17, 15) is 0 Å². The summed E-state index contributed by atoms with van der Waals surface area (Å²) >= 11 is 7.63. The summed E-state index contributed by atoms with van der Waals surface area (Å²) < 4.78 is 21.9. The van der Waals surface area contributed by atoms with Crippen LogP contribution in [0.25, 0.3) is 10.7 Å². The number of rotatable bonds is 8. The summed E-state index contributed by atoms with van der Waals surface area (Å²) in [5.41, 5.74) is 1.18. The largest absolute Gasteiger partial charge is 0.497 e. The quantitative estimate of drug-likeness (QED) is 0.411. The molecule has 7 nitrogen and oxygen atoms in total. The van der Waals surface area contributed by atoms with Crippen LogP contribution in [0.1, 0.15) is 37.3 Å². The first-order valence-corrected chi connectivity index (χ1v) is 12.8. The molecule has 0 radical (unpaired) electrons. The van der Waals surface area contributed by atoms with E-state index in [0.717, 1.165) is 72.4 Å². The van der Waals surface area contributed by atoms with Crippen LogP contribution in [-0.4, -0.2) is 52.7 Å². The molecule has 0 unspecified atom stereocenters. The van der Waals surface area contributed by atoms with Gasteiger partial charge in [0.15, 0.2) is 10.6 Å². The maximum Gasteiger partial charge on any atom is 0.199 e. The molecule has 3 aromatic rings. The van der Waals surface area contributed by atoms with Gasteiger partial charge in [0.25, 0.3) is 0 Å². The molecule has 0 spiro atoms. The monoisotopic (exact) mass is 486 g/mol. The summed E-state index contributed by atoms with van der Waals surface area (Å²) in [6, 6.07) is 10.5. The van der Waals surface area contributed by atoms with Crippen molar-refractivity contribution in [3.8, 4) is 22.2 Å². The topological polar surface area (TPSA) is 53.7 Å². The molecule has 2 aliphatic rings. The lowest BCUT2D eigenvalue weighted by Gasteiger charge is -2.26. The second kappa shape index (κ2) is 9.97. The van der Waals surface area contributed by atoms with E-state index in [1.165, 1.54) is 5.56 Å². The van der Waals surface area contributed by atoms with E-state index >= 15 is 0 Å². The van der Waals surface area contributed by atoms with E-state index in [0.29, 0.717) is 6.67 Å². The van der Waals surface area contributed by atoms with Crippen LogP contribution in [0.4, 0.5) is 0 Å². The highest BCUT2D eigenvalue weighted by atomic mass is 32.1. The standard InChI is InChI=1S/C24H30N4O3S2/c1-29-17-9-10-19(21(14-17)30-2)20-7-3-11-26(20)16-28-24(32)27(15-18-6-4-12-31-18)23(25-28)22-8-5-13-33-22/h5,8-10,13-14,18,20H,3-4,6-7,11-12,15-16H2,1-2H3/t18-,20+/m0/s1. The van der Waals surface area contributed by atoms with Crippen LogP contribution in [0.5, 0.6) is 11.5 Å². The van der Waals surface area contributed by atoms with Crippen molar-refractivity contribution in [1.82, 2.24) is 19.2 Å². The summed E-state index contributed by atoms with van der Waals surface area (Å²) in [7, 11) is 3.39. The third kappa shape index (κ3) is 4.59. The molecule has 2 saturated heterocycles. The number of hydrogen-bond acceptors (Lipinski definition) is 7. The Kier molecular flexibility index (Phi) is 6.82. The molecule has 2 fully saturated rings. The van der Waals surface area contributed by atoms with E-state index in [1.807, 2.05) is 16.8 Å². The van der Waals surface area contributed by atoms with E-state index in [-0.39, 0.29) is 12.1 Å². The van der Waals surface area contributed by atoms with Gasteiger partial charge in [-0.05, 0) is 55.4 Å². The van der Waals surface area contributed by atoms with Gasteiger partial charge in [-0.1, -0.05) is 12.1 Å². The first-order chi connectivity index (χ1) is 16.2. The van der Waals surface area contributed by atoms with Crippen molar-refractivity contribution >= 4 is 23.6 Å². The molecule has 33 heavy (non-hydrogen) atoms. The van der Waals surface area contributed by atoms with E-state index in [1.54, 1.807) is 25.6 Å². The number of nitrogens with zero attached hydrogens (tertiary/aromatic N) is 4. The zero-order valence-electron chi connectivity index (χ0n) is 19.1. The number of benzene rings is 1. The summed E-state index contributed by atoms with van der Waals surface area (Å²) in [6.45, 7) is 3.23. The Labute approximate surface area is 203 Å². The second-order valence-electron chi connectivity index (χ2n) is 8.55. The third-order valence-corrected chi connectivity index (χ3v) is 7.85. The number of thiophene rings is 1. The van der Waals surface area contributed by atoms with E-state index in [2.05, 4.69) is 33.0 Å². The van der Waals surface area contributed by atoms with Crippen LogP contribution in [-0.2, 0) is 18.0 Å². The van der Waals surface area contributed by atoms with Crippen molar-refractivity contribution in [3.63, 3.8) is 0 Å². The van der Waals surface area contributed by atoms with Crippen molar-refractivity contribution < 1.29 is 14.2 Å². The third-order valence-electron chi connectivity index (χ3n) is 6.55. The van der Waals surface area contributed by atoms with Gasteiger partial charge in [0.05, 0.1) is 38.4 Å². The number of ether oxygens (including phenoxy) is 3. The highest BCUT2D eigenvalue weighted by molar-refractivity contribution is 7.71. The highest BCUT2D eigenvalue weighted by Gasteiger charge is 2.30. The Morgan fingerprint density at radius 3 is 2.82 bits per heavy atom. The van der Waals surface area contributed by atoms with Crippen LogP contribution in [0, 0.1) is 4.77 Å². The molecule has 0 N–H and O–H groups in total. The predicted octanol–water partition coefficient (Wildman–Crippen LogP) is 5.13. The van der Waals surface area contributed by atoms with Crippen molar-refractivity contribution in [2.24, 2.45) is 0 Å². The average molecular weight is 487 g/mol. The normalized spacial score (nSPS) is 21.0. The van der Waals surface area contributed by atoms with Gasteiger partial charge < -0.3 is 14.2 Å². The minimum absolute atomic E-state index is 0.205. The Hall–Kier alpha value is -2.20. The Balaban J connectivity index is 1.44. The smallest absolute Gasteiger partial charge is 0.199 e. The molecule has 0 aliphatic carbocycles. The van der Waals surface area contributed by atoms with E-state index < -0.39 is 0 Å². The molecule has 1 aromatic carbocycles. The lowest BCUT2D eigenvalue weighted by molar-refractivity contribution is 0.0966. The number of likely N-dealkylation sites (tertiary alicyclic amines) is 1. The lowest BCUT2D eigenvalue weighted by Crippen LogP contribution is -2.27. The predicted molar refractivity (Wildman–Crippen MR) is 132 cm³/mol. The molecular weight excluding hydrogens is 456 g/mol. The van der Waals surface area contributed by atoms with Crippen molar-refractivity contribution in [3.05, 3.63) is 46.0 Å². The minimum Gasteiger partial charge on any atom is -0.497 e. The Bertz CT molecular complexity index is 1140. The number of methoxy groups -OCH3 is 2. The maximum absolute atomic E-state index is 5.94. The molecule has 2 aromatic heterocycles. The molecule has 0 amide bonds. The molecule has 2 aliphatic heterocycles. The maximum atomic E-state index is 5.94. The SMILES string of the molecule is COc1ccc([C@H]2CCCN2Cn2nc(-c3cccs3)n(C[C@@H]3CCCO3)c2=S)c(OC)c1. The van der Waals surface area contributed by atoms with Crippen molar-refractivity contribution in [2.45, 2.75) is 51.0 Å². The minimum atomic E-state index is 0.205. The molecule has 5 rings (SSSR count). The van der Waals surface area contributed by atoms with Crippen molar-refractivity contribution in [2.75, 3.05) is 27.4 Å². The van der Waals surface area contributed by atoms with E-state index in [4.69, 9.17) is 31.5 Å². The first-order valence-electron chi connectivity index (χ1n) is 11.5. The molecular formula is C24H30N4O3S2. The fraction of sp³-hybridized carbons (Fsp3) is 0.500. The molecule has 0 bridgehead atoms. The van der Waals surface area contributed by atoms with Gasteiger partial charge in [0.1, 0.15) is 11.5 Å². The first kappa shape index (κ1) is 22.6. The fourth-order valence-corrected chi connectivity index (χ4v) is 5.87. The van der Waals surface area contributed by atoms with Gasteiger partial charge in [-0.15, -0.1) is 16.4 Å². The lowest BCUT2D eigenvalue weighted by atomic mass is 10.0. The Morgan fingerprint density at radius 1 is 1.18 bits per heavy atom. The summed E-state index contributed by atoms with van der Waals surface area (Å²) in [4.78, 5) is 3.58. The molecule has 9 heteroatoms. The van der Waals surface area contributed by atoms with Gasteiger partial charge in [-0.25, -0.2) is 4.68 Å². The number of aromatic nitrogens is 3. The van der Waals surface area contributed by atoms with Crippen molar-refractivity contribution in [1.29, 1.82) is 0 Å². The van der Waals surface area contributed by atoms with Crippen LogP contribution in [0.2, 0.25) is 0 Å². The summed E-state index contributed by atoms with van der Waals surface area (Å²) in [6.07, 6.45) is 4.59. The van der Waals surface area contributed by atoms with Crippen LogP contribution < -0.4 is 9.47 Å². The average Bonchev–Trinajstić information content (AvgIpc) is 3.64.